The number of pyridine rings is 1. The number of ether oxygens (including phenoxy) is 1. The van der Waals surface area contributed by atoms with Gasteiger partial charge in [0.2, 0.25) is 0 Å². The second kappa shape index (κ2) is 10.2. The van der Waals surface area contributed by atoms with Gasteiger partial charge in [0.15, 0.2) is 5.82 Å². The van der Waals surface area contributed by atoms with Gasteiger partial charge in [-0.05, 0) is 67.6 Å². The molecule has 0 aliphatic rings. The topological polar surface area (TPSA) is 88.9 Å². The van der Waals surface area contributed by atoms with Gasteiger partial charge in [0, 0.05) is 35.7 Å². The number of H-pyrrole nitrogens is 1. The first-order valence-electron chi connectivity index (χ1n) is 12.9. The van der Waals surface area contributed by atoms with Gasteiger partial charge in [-0.15, -0.1) is 0 Å². The average Bonchev–Trinajstić information content (AvgIpc) is 3.47. The number of aromatic nitrogens is 5. The number of nitrogens with zero attached hydrogens (tertiary/aromatic N) is 4. The largest absolute Gasteiger partial charge is 0.396 e. The van der Waals surface area contributed by atoms with Crippen LogP contribution < -0.4 is 0 Å². The fraction of sp³-hybridized carbons (Fsp3) is 0.345. The highest BCUT2D eigenvalue weighted by molar-refractivity contribution is 6.77. The minimum absolute atomic E-state index is 0.175. The van der Waals surface area contributed by atoms with Crippen molar-refractivity contribution in [3.63, 3.8) is 0 Å². The van der Waals surface area contributed by atoms with Gasteiger partial charge in [0.1, 0.15) is 12.4 Å². The quantitative estimate of drug-likeness (QED) is 0.232. The molecule has 0 bridgehead atoms. The predicted molar refractivity (Wildman–Crippen MR) is 152 cm³/mol. The molecule has 2 aromatic carbocycles. The third kappa shape index (κ3) is 5.09. The summed E-state index contributed by atoms with van der Waals surface area (Å²) in [4.78, 5) is 12.8. The lowest BCUT2D eigenvalue weighted by atomic mass is 9.96. The van der Waals surface area contributed by atoms with Crippen molar-refractivity contribution in [2.75, 3.05) is 6.61 Å². The summed E-state index contributed by atoms with van der Waals surface area (Å²) >= 11 is 0. The number of hydrogen-bond acceptors (Lipinski definition) is 5. The molecular weight excluding hydrogens is 478 g/mol. The maximum absolute atomic E-state index is 9.29. The normalized spacial score (nSPS) is 13.0. The highest BCUT2D eigenvalue weighted by Gasteiger charge is 2.24. The summed E-state index contributed by atoms with van der Waals surface area (Å²) in [5.41, 5.74) is 8.43. The fourth-order valence-corrected chi connectivity index (χ4v) is 5.07. The molecule has 0 spiro atoms. The van der Waals surface area contributed by atoms with Gasteiger partial charge in [-0.1, -0.05) is 37.8 Å². The van der Waals surface area contributed by atoms with Crippen molar-refractivity contribution < 1.29 is 9.84 Å². The number of aliphatic hydroxyl groups is 1. The molecule has 37 heavy (non-hydrogen) atoms. The minimum atomic E-state index is -1.44. The lowest BCUT2D eigenvalue weighted by molar-refractivity contribution is 0.0519. The third-order valence-corrected chi connectivity index (χ3v) is 9.87. The SMILES string of the molecule is Cc1c(CCCO)cncc1-c1ccc2c(c1)c(-c1nc3ccccc3[nH]1)nn2COC(C)[Si](C)(C)C. The van der Waals surface area contributed by atoms with E-state index in [0.29, 0.717) is 6.73 Å². The van der Waals surface area contributed by atoms with E-state index in [9.17, 15) is 5.11 Å². The number of imidazole rings is 1. The molecule has 1 unspecified atom stereocenters. The van der Waals surface area contributed by atoms with Crippen LogP contribution in [0.5, 0.6) is 0 Å². The summed E-state index contributed by atoms with van der Waals surface area (Å²) in [7, 11) is -1.44. The summed E-state index contributed by atoms with van der Waals surface area (Å²) in [6.45, 7) is 11.8. The van der Waals surface area contributed by atoms with Crippen molar-refractivity contribution in [3.8, 4) is 22.6 Å². The Hall–Kier alpha value is -3.33. The smallest absolute Gasteiger partial charge is 0.159 e. The van der Waals surface area contributed by atoms with Crippen molar-refractivity contribution in [1.29, 1.82) is 0 Å². The minimum Gasteiger partial charge on any atom is -0.396 e. The van der Waals surface area contributed by atoms with Crippen LogP contribution in [0.25, 0.3) is 44.6 Å². The Morgan fingerprint density at radius 2 is 1.92 bits per heavy atom. The molecular formula is C29H35N5O2Si. The van der Waals surface area contributed by atoms with Gasteiger partial charge in [-0.2, -0.15) is 5.10 Å². The number of aliphatic hydroxyl groups excluding tert-OH is 1. The summed E-state index contributed by atoms with van der Waals surface area (Å²) in [5, 5.41) is 15.3. The van der Waals surface area contributed by atoms with Gasteiger partial charge < -0.3 is 14.8 Å². The van der Waals surface area contributed by atoms with Crippen molar-refractivity contribution in [1.82, 2.24) is 24.7 Å². The number of rotatable bonds is 9. The van der Waals surface area contributed by atoms with E-state index in [-0.39, 0.29) is 12.3 Å². The Labute approximate surface area is 218 Å². The zero-order valence-electron chi connectivity index (χ0n) is 22.2. The number of nitrogens with one attached hydrogen (secondary N) is 1. The fourth-order valence-electron chi connectivity index (χ4n) is 4.50. The molecule has 7 nitrogen and oxygen atoms in total. The van der Waals surface area contributed by atoms with E-state index in [4.69, 9.17) is 14.8 Å². The van der Waals surface area contributed by atoms with Crippen LogP contribution in [0, 0.1) is 6.92 Å². The molecule has 0 amide bonds. The molecule has 1 atom stereocenters. The van der Waals surface area contributed by atoms with Crippen molar-refractivity contribution >= 4 is 30.0 Å². The van der Waals surface area contributed by atoms with E-state index in [1.54, 1.807) is 0 Å². The van der Waals surface area contributed by atoms with E-state index >= 15 is 0 Å². The maximum Gasteiger partial charge on any atom is 0.159 e. The molecule has 0 aliphatic heterocycles. The average molecular weight is 514 g/mol. The van der Waals surface area contributed by atoms with Gasteiger partial charge in [-0.3, -0.25) is 4.98 Å². The van der Waals surface area contributed by atoms with Crippen LogP contribution in [0.4, 0.5) is 0 Å². The first-order chi connectivity index (χ1) is 17.8. The molecule has 5 rings (SSSR count). The first kappa shape index (κ1) is 25.3. The van der Waals surface area contributed by atoms with Gasteiger partial charge in [0.25, 0.3) is 0 Å². The zero-order valence-corrected chi connectivity index (χ0v) is 23.2. The van der Waals surface area contributed by atoms with E-state index in [1.165, 1.54) is 5.56 Å². The second-order valence-electron chi connectivity index (χ2n) is 10.8. The number of aromatic amines is 1. The molecule has 3 aromatic heterocycles. The number of hydrogen-bond donors (Lipinski definition) is 2. The lowest BCUT2D eigenvalue weighted by Crippen LogP contribution is -2.38. The zero-order chi connectivity index (χ0) is 26.2. The Morgan fingerprint density at radius 3 is 2.68 bits per heavy atom. The van der Waals surface area contributed by atoms with Gasteiger partial charge >= 0.3 is 0 Å². The van der Waals surface area contributed by atoms with Crippen LogP contribution in [0.2, 0.25) is 19.6 Å². The van der Waals surface area contributed by atoms with Gasteiger partial charge in [-0.25, -0.2) is 9.67 Å². The number of benzene rings is 2. The van der Waals surface area contributed by atoms with Crippen molar-refractivity contribution in [3.05, 3.63) is 66.0 Å². The monoisotopic (exact) mass is 513 g/mol. The molecule has 2 N–H and O–H groups in total. The molecule has 0 saturated carbocycles. The molecule has 0 fully saturated rings. The molecule has 8 heteroatoms. The van der Waals surface area contributed by atoms with Crippen LogP contribution in [0.3, 0.4) is 0 Å². The summed E-state index contributed by atoms with van der Waals surface area (Å²) in [6, 6.07) is 14.5. The van der Waals surface area contributed by atoms with Crippen molar-refractivity contribution in [2.45, 2.75) is 58.8 Å². The molecule has 0 saturated heterocycles. The summed E-state index contributed by atoms with van der Waals surface area (Å²) < 4.78 is 8.24. The van der Waals surface area contributed by atoms with Crippen LogP contribution in [-0.2, 0) is 17.9 Å². The molecule has 192 valence electrons. The lowest BCUT2D eigenvalue weighted by Gasteiger charge is -2.25. The van der Waals surface area contributed by atoms with Gasteiger partial charge in [0.05, 0.1) is 24.6 Å². The Balaban J connectivity index is 1.62. The number of fused-ring (bicyclic) bond motifs is 2. The predicted octanol–water partition coefficient (Wildman–Crippen LogP) is 6.11. The second-order valence-corrected chi connectivity index (χ2v) is 16.3. The molecule has 5 aromatic rings. The Morgan fingerprint density at radius 1 is 1.11 bits per heavy atom. The maximum atomic E-state index is 9.29. The summed E-state index contributed by atoms with van der Waals surface area (Å²) in [5.74, 6) is 0.742. The standard InChI is InChI=1S/C29H35N5O2Si/c1-19-22(9-8-14-35)16-30-17-24(19)21-12-13-27-23(15-21)28(29-31-25-10-6-7-11-26(25)32-29)33-34(27)18-36-20(2)37(3,4)5/h6-7,10-13,15-17,20,35H,8-9,14,18H2,1-5H3,(H,31,32). The van der Waals surface area contributed by atoms with E-state index in [2.05, 4.69) is 61.7 Å². The van der Waals surface area contributed by atoms with Crippen molar-refractivity contribution in [2.24, 2.45) is 0 Å². The van der Waals surface area contributed by atoms with E-state index in [0.717, 1.165) is 63.0 Å². The van der Waals surface area contributed by atoms with Crippen LogP contribution in [0.1, 0.15) is 24.5 Å². The van der Waals surface area contributed by atoms with Crippen LogP contribution in [-0.4, -0.2) is 50.2 Å². The van der Waals surface area contributed by atoms with Crippen LogP contribution >= 0.6 is 0 Å². The highest BCUT2D eigenvalue weighted by Crippen LogP contribution is 2.33. The number of para-hydroxylation sites is 2. The summed E-state index contributed by atoms with van der Waals surface area (Å²) in [6.07, 6.45) is 5.36. The molecule has 0 aliphatic carbocycles. The number of aryl methyl sites for hydroxylation is 1. The first-order valence-corrected chi connectivity index (χ1v) is 16.5. The van der Waals surface area contributed by atoms with E-state index in [1.807, 2.05) is 41.3 Å². The molecule has 3 heterocycles. The van der Waals surface area contributed by atoms with E-state index < -0.39 is 8.07 Å². The van der Waals surface area contributed by atoms with Crippen LogP contribution in [0.15, 0.2) is 54.9 Å². The molecule has 0 radical (unpaired) electrons. The third-order valence-electron chi connectivity index (χ3n) is 7.27. The highest BCUT2D eigenvalue weighted by atomic mass is 28.3. The Bertz CT molecular complexity index is 1520. The Kier molecular flexibility index (Phi) is 6.98.